The Kier molecular flexibility index (Phi) is 5.56. The summed E-state index contributed by atoms with van der Waals surface area (Å²) in [6, 6.07) is 13.9. The van der Waals surface area contributed by atoms with Gasteiger partial charge in [-0.05, 0) is 29.7 Å². The van der Waals surface area contributed by atoms with E-state index in [1.165, 1.54) is 11.1 Å². The van der Waals surface area contributed by atoms with E-state index < -0.39 is 0 Å². The van der Waals surface area contributed by atoms with E-state index in [4.69, 9.17) is 9.47 Å². The predicted molar refractivity (Wildman–Crippen MR) is 98.2 cm³/mol. The van der Waals surface area contributed by atoms with Gasteiger partial charge in [0.25, 0.3) is 0 Å². The monoisotopic (exact) mass is 340 g/mol. The molecule has 2 aromatic rings. The Hall–Kier alpha value is -2.53. The lowest BCUT2D eigenvalue weighted by atomic mass is 10.00. The van der Waals surface area contributed by atoms with Gasteiger partial charge in [0, 0.05) is 37.8 Å². The third kappa shape index (κ3) is 4.31. The number of nitrogens with one attached hydrogen (secondary N) is 1. The highest BCUT2D eigenvalue weighted by Gasteiger charge is 2.16. The van der Waals surface area contributed by atoms with Gasteiger partial charge in [0.05, 0.1) is 14.2 Å². The van der Waals surface area contributed by atoms with E-state index in [-0.39, 0.29) is 5.91 Å². The van der Waals surface area contributed by atoms with Gasteiger partial charge in [-0.25, -0.2) is 0 Å². The summed E-state index contributed by atoms with van der Waals surface area (Å²) in [5.74, 6) is 1.26. The molecule has 0 aliphatic carbocycles. The van der Waals surface area contributed by atoms with Crippen molar-refractivity contribution in [2.75, 3.05) is 32.6 Å². The third-order valence-corrected chi connectivity index (χ3v) is 4.53. The molecule has 132 valence electrons. The average molecular weight is 340 g/mol. The van der Waals surface area contributed by atoms with Crippen LogP contribution in [0.15, 0.2) is 42.5 Å². The molecule has 25 heavy (non-hydrogen) atoms. The van der Waals surface area contributed by atoms with Crippen LogP contribution in [-0.2, 0) is 17.8 Å². The second kappa shape index (κ2) is 8.03. The standard InChI is InChI=1S/C20H24N2O3/c1-24-18-8-7-17(13-19(18)25-2)21-20(23)10-12-22-11-9-15-5-3-4-6-16(15)14-22/h3-8,13H,9-12,14H2,1-2H3,(H,21,23). The van der Waals surface area contributed by atoms with Crippen LogP contribution in [0, 0.1) is 0 Å². The molecule has 0 bridgehead atoms. The van der Waals surface area contributed by atoms with Gasteiger partial charge < -0.3 is 14.8 Å². The Morgan fingerprint density at radius 1 is 1.08 bits per heavy atom. The quantitative estimate of drug-likeness (QED) is 0.878. The molecule has 1 N–H and O–H groups in total. The first-order valence-corrected chi connectivity index (χ1v) is 8.50. The van der Waals surface area contributed by atoms with E-state index in [2.05, 4.69) is 34.5 Å². The fourth-order valence-corrected chi connectivity index (χ4v) is 3.14. The van der Waals surface area contributed by atoms with Gasteiger partial charge in [0.2, 0.25) is 5.91 Å². The summed E-state index contributed by atoms with van der Waals surface area (Å²) in [4.78, 5) is 14.6. The van der Waals surface area contributed by atoms with Crippen LogP contribution in [0.4, 0.5) is 5.69 Å². The van der Waals surface area contributed by atoms with Gasteiger partial charge in [-0.2, -0.15) is 0 Å². The number of amides is 1. The largest absolute Gasteiger partial charge is 0.493 e. The number of methoxy groups -OCH3 is 2. The van der Waals surface area contributed by atoms with Crippen LogP contribution in [-0.4, -0.2) is 38.1 Å². The predicted octanol–water partition coefficient (Wildman–Crippen LogP) is 3.09. The highest BCUT2D eigenvalue weighted by atomic mass is 16.5. The highest BCUT2D eigenvalue weighted by Crippen LogP contribution is 2.29. The van der Waals surface area contributed by atoms with Gasteiger partial charge in [0.1, 0.15) is 0 Å². The molecule has 1 aliphatic heterocycles. The number of anilines is 1. The van der Waals surface area contributed by atoms with Gasteiger partial charge in [-0.1, -0.05) is 24.3 Å². The SMILES string of the molecule is COc1ccc(NC(=O)CCN2CCc3ccccc3C2)cc1OC. The first kappa shape index (κ1) is 17.3. The van der Waals surface area contributed by atoms with Crippen molar-refractivity contribution in [3.8, 4) is 11.5 Å². The molecule has 1 heterocycles. The summed E-state index contributed by atoms with van der Waals surface area (Å²) >= 11 is 0. The van der Waals surface area contributed by atoms with E-state index in [0.717, 1.165) is 26.1 Å². The Morgan fingerprint density at radius 2 is 1.84 bits per heavy atom. The molecule has 0 radical (unpaired) electrons. The summed E-state index contributed by atoms with van der Waals surface area (Å²) in [5.41, 5.74) is 3.51. The summed E-state index contributed by atoms with van der Waals surface area (Å²) in [6.45, 7) is 2.67. The summed E-state index contributed by atoms with van der Waals surface area (Å²) in [7, 11) is 3.17. The number of hydrogen-bond acceptors (Lipinski definition) is 4. The maximum absolute atomic E-state index is 12.2. The first-order valence-electron chi connectivity index (χ1n) is 8.50. The second-order valence-electron chi connectivity index (χ2n) is 6.16. The van der Waals surface area contributed by atoms with Crippen LogP contribution in [0.3, 0.4) is 0 Å². The van der Waals surface area contributed by atoms with E-state index in [1.807, 2.05) is 6.07 Å². The van der Waals surface area contributed by atoms with E-state index in [1.54, 1.807) is 26.4 Å². The number of nitrogens with zero attached hydrogens (tertiary/aromatic N) is 1. The molecule has 0 aromatic heterocycles. The van der Waals surface area contributed by atoms with Crippen molar-refractivity contribution in [2.24, 2.45) is 0 Å². The van der Waals surface area contributed by atoms with E-state index >= 15 is 0 Å². The van der Waals surface area contributed by atoms with Crippen LogP contribution in [0.1, 0.15) is 17.5 Å². The number of rotatable bonds is 6. The molecule has 0 unspecified atom stereocenters. The number of benzene rings is 2. The normalized spacial score (nSPS) is 13.8. The lowest BCUT2D eigenvalue weighted by Gasteiger charge is -2.28. The van der Waals surface area contributed by atoms with Crippen LogP contribution >= 0.6 is 0 Å². The fraction of sp³-hybridized carbons (Fsp3) is 0.350. The van der Waals surface area contributed by atoms with Crippen molar-refractivity contribution in [1.29, 1.82) is 0 Å². The Balaban J connectivity index is 1.52. The Bertz CT molecular complexity index is 745. The second-order valence-corrected chi connectivity index (χ2v) is 6.16. The van der Waals surface area contributed by atoms with Crippen LogP contribution in [0.5, 0.6) is 11.5 Å². The zero-order valence-corrected chi connectivity index (χ0v) is 14.7. The molecule has 5 heteroatoms. The molecule has 2 aromatic carbocycles. The summed E-state index contributed by atoms with van der Waals surface area (Å²) in [5, 5.41) is 2.93. The lowest BCUT2D eigenvalue weighted by molar-refractivity contribution is -0.116. The van der Waals surface area contributed by atoms with Crippen molar-refractivity contribution in [3.05, 3.63) is 53.6 Å². The molecule has 1 amide bonds. The summed E-state index contributed by atoms with van der Waals surface area (Å²) in [6.07, 6.45) is 1.52. The van der Waals surface area contributed by atoms with Gasteiger partial charge >= 0.3 is 0 Å². The van der Waals surface area contributed by atoms with Gasteiger partial charge in [-0.3, -0.25) is 9.69 Å². The Morgan fingerprint density at radius 3 is 2.60 bits per heavy atom. The zero-order valence-electron chi connectivity index (χ0n) is 14.7. The smallest absolute Gasteiger partial charge is 0.225 e. The molecule has 0 saturated heterocycles. The molecule has 0 spiro atoms. The maximum Gasteiger partial charge on any atom is 0.225 e. The minimum atomic E-state index is 0.00563. The van der Waals surface area contributed by atoms with Crippen molar-refractivity contribution in [2.45, 2.75) is 19.4 Å². The molecule has 3 rings (SSSR count). The minimum absolute atomic E-state index is 0.00563. The fourth-order valence-electron chi connectivity index (χ4n) is 3.14. The molecule has 5 nitrogen and oxygen atoms in total. The van der Waals surface area contributed by atoms with Gasteiger partial charge in [-0.15, -0.1) is 0 Å². The average Bonchev–Trinajstić information content (AvgIpc) is 2.66. The number of fused-ring (bicyclic) bond motifs is 1. The first-order chi connectivity index (χ1) is 12.2. The maximum atomic E-state index is 12.2. The van der Waals surface area contributed by atoms with Crippen molar-refractivity contribution < 1.29 is 14.3 Å². The number of carbonyl (C=O) groups excluding carboxylic acids is 1. The van der Waals surface area contributed by atoms with Crippen molar-refractivity contribution in [3.63, 3.8) is 0 Å². The molecular formula is C20H24N2O3. The highest BCUT2D eigenvalue weighted by molar-refractivity contribution is 5.91. The number of hydrogen-bond donors (Lipinski definition) is 1. The molecule has 1 aliphatic rings. The molecule has 0 atom stereocenters. The summed E-state index contributed by atoms with van der Waals surface area (Å²) < 4.78 is 10.5. The third-order valence-electron chi connectivity index (χ3n) is 4.53. The van der Waals surface area contributed by atoms with Gasteiger partial charge in [0.15, 0.2) is 11.5 Å². The zero-order chi connectivity index (χ0) is 17.6. The lowest BCUT2D eigenvalue weighted by Crippen LogP contribution is -2.33. The number of carbonyl (C=O) groups is 1. The van der Waals surface area contributed by atoms with Crippen LogP contribution in [0.25, 0.3) is 0 Å². The van der Waals surface area contributed by atoms with Crippen LogP contribution in [0.2, 0.25) is 0 Å². The molecule has 0 saturated carbocycles. The van der Waals surface area contributed by atoms with Crippen molar-refractivity contribution >= 4 is 11.6 Å². The molecule has 0 fully saturated rings. The number of ether oxygens (including phenoxy) is 2. The van der Waals surface area contributed by atoms with E-state index in [0.29, 0.717) is 23.6 Å². The van der Waals surface area contributed by atoms with Crippen molar-refractivity contribution in [1.82, 2.24) is 4.90 Å². The molecular weight excluding hydrogens is 316 g/mol. The minimum Gasteiger partial charge on any atom is -0.493 e. The topological polar surface area (TPSA) is 50.8 Å². The van der Waals surface area contributed by atoms with Crippen LogP contribution < -0.4 is 14.8 Å². The Labute approximate surface area is 148 Å². The van der Waals surface area contributed by atoms with E-state index in [9.17, 15) is 4.79 Å².